The van der Waals surface area contributed by atoms with Gasteiger partial charge in [0.2, 0.25) is 9.84 Å². The predicted molar refractivity (Wildman–Crippen MR) is 115 cm³/mol. The fourth-order valence-electron chi connectivity index (χ4n) is 2.34. The molecule has 1 amide bonds. The number of carbonyl (C=O) groups is 1. The van der Waals surface area contributed by atoms with Gasteiger partial charge in [-0.25, -0.2) is 4.39 Å². The number of halogens is 10. The number of nitrogens with two attached hydrogens (primary N) is 1. The molecule has 0 fully saturated rings. The molecular formula is C16H12Br3F7N2OS. The first-order valence-electron chi connectivity index (χ1n) is 7.65. The third-order valence-electron chi connectivity index (χ3n) is 3.90. The summed E-state index contributed by atoms with van der Waals surface area (Å²) >= 11 is 6.10. The molecule has 0 aromatic heterocycles. The number of nitrogens with one attached hydrogen (secondary N) is 1. The SMILES string of the molecule is Nc1cccc(C(=O)Nc2ccccc2S(F)(F)(F)(F)C(F)(F)C(F)(Br)C(Br)Br)c1. The standard InChI is InChI=1S/C16H12Br3F7N2OS/c17-14(18)15(19,20)16(21,22)30(23,24,25,26)12-7-2-1-6-11(12)28-13(29)9-4-3-5-10(27)8-9/h1-8,14H,27H2,(H,28,29). The smallest absolute Gasteiger partial charge is 0.399 e. The Morgan fingerprint density at radius 3 is 2.10 bits per heavy atom. The van der Waals surface area contributed by atoms with Crippen molar-refractivity contribution in [3.8, 4) is 0 Å². The van der Waals surface area contributed by atoms with Crippen molar-refractivity contribution in [1.29, 1.82) is 0 Å². The minimum atomic E-state index is -10.7. The van der Waals surface area contributed by atoms with Crippen LogP contribution in [0.1, 0.15) is 10.4 Å². The van der Waals surface area contributed by atoms with E-state index in [1.165, 1.54) is 18.2 Å². The second-order valence-electron chi connectivity index (χ2n) is 6.09. The molecule has 0 radical (unpaired) electrons. The van der Waals surface area contributed by atoms with Gasteiger partial charge in [0.15, 0.2) is 0 Å². The first-order valence-corrected chi connectivity index (χ1v) is 12.3. The van der Waals surface area contributed by atoms with Gasteiger partial charge in [-0.1, -0.05) is 50.1 Å². The van der Waals surface area contributed by atoms with Gasteiger partial charge in [0, 0.05) is 11.3 Å². The van der Waals surface area contributed by atoms with Gasteiger partial charge < -0.3 is 11.1 Å². The largest absolute Gasteiger partial charge is 0.402 e. The maximum absolute atomic E-state index is 14.9. The molecule has 1 unspecified atom stereocenters. The van der Waals surface area contributed by atoms with Crippen molar-refractivity contribution in [3.05, 3.63) is 54.1 Å². The molecule has 1 atom stereocenters. The number of nitrogen functional groups attached to an aromatic ring is 1. The number of carbonyl (C=O) groups excluding carboxylic acids is 1. The van der Waals surface area contributed by atoms with Crippen LogP contribution in [0.2, 0.25) is 0 Å². The minimum absolute atomic E-state index is 0.00494. The van der Waals surface area contributed by atoms with Gasteiger partial charge in [-0.15, -0.1) is 15.5 Å². The Kier molecular flexibility index (Phi) is 6.13. The number of hydrogen-bond acceptors (Lipinski definition) is 2. The van der Waals surface area contributed by atoms with Crippen molar-refractivity contribution < 1.29 is 33.5 Å². The van der Waals surface area contributed by atoms with Crippen LogP contribution in [0.4, 0.5) is 40.1 Å². The molecule has 0 saturated carbocycles. The van der Waals surface area contributed by atoms with Gasteiger partial charge in [0.25, 0.3) is 10.5 Å². The van der Waals surface area contributed by atoms with E-state index >= 15 is 0 Å². The van der Waals surface area contributed by atoms with Gasteiger partial charge in [-0.3, -0.25) is 4.79 Å². The molecule has 2 rings (SSSR count). The number of hydrogen-bond donors (Lipinski definition) is 2. The quantitative estimate of drug-likeness (QED) is 0.188. The van der Waals surface area contributed by atoms with Crippen LogP contribution in [0.5, 0.6) is 0 Å². The highest BCUT2D eigenvalue weighted by Crippen LogP contribution is 3.08. The molecule has 0 saturated heterocycles. The van der Waals surface area contributed by atoms with Crippen molar-refractivity contribution >= 4 is 74.9 Å². The maximum atomic E-state index is 14.9. The average Bonchev–Trinajstić information content (AvgIpc) is 2.60. The lowest BCUT2D eigenvalue weighted by Gasteiger charge is -2.57. The van der Waals surface area contributed by atoms with Crippen molar-refractivity contribution in [1.82, 2.24) is 0 Å². The summed E-state index contributed by atoms with van der Waals surface area (Å²) in [7, 11) is -10.7. The first kappa shape index (κ1) is 25.3. The summed E-state index contributed by atoms with van der Waals surface area (Å²) < 4.78 is 96.1. The molecule has 2 aromatic carbocycles. The van der Waals surface area contributed by atoms with E-state index in [9.17, 15) is 33.5 Å². The lowest BCUT2D eigenvalue weighted by Crippen LogP contribution is -2.53. The number of alkyl halides is 6. The zero-order valence-electron chi connectivity index (χ0n) is 14.4. The molecule has 30 heavy (non-hydrogen) atoms. The van der Waals surface area contributed by atoms with Crippen molar-refractivity contribution in [2.45, 2.75) is 18.5 Å². The van der Waals surface area contributed by atoms with Crippen molar-refractivity contribution in [2.75, 3.05) is 11.1 Å². The minimum Gasteiger partial charge on any atom is -0.399 e. The summed E-state index contributed by atoms with van der Waals surface area (Å²) in [5.41, 5.74) is 4.08. The highest BCUT2D eigenvalue weighted by molar-refractivity contribution is 9.25. The third kappa shape index (κ3) is 3.95. The highest BCUT2D eigenvalue weighted by atomic mass is 79.9. The Hall–Kier alpha value is -0.990. The fraction of sp³-hybridized carbons (Fsp3) is 0.188. The third-order valence-corrected chi connectivity index (χ3v) is 10.2. The van der Waals surface area contributed by atoms with Crippen LogP contribution in [0.25, 0.3) is 0 Å². The molecule has 0 spiro atoms. The Bertz CT molecular complexity index is 998. The van der Waals surface area contributed by atoms with Gasteiger partial charge in [-0.2, -0.15) is 8.78 Å². The average molecular weight is 653 g/mol. The first-order chi connectivity index (χ1) is 13.4. The fourth-order valence-corrected chi connectivity index (χ4v) is 6.05. The number of rotatable bonds is 6. The summed E-state index contributed by atoms with van der Waals surface area (Å²) in [5, 5.41) is -4.80. The van der Waals surface area contributed by atoms with Crippen LogP contribution < -0.4 is 11.1 Å². The van der Waals surface area contributed by atoms with E-state index in [1.807, 2.05) is 0 Å². The Labute approximate surface area is 191 Å². The van der Waals surface area contributed by atoms with Gasteiger partial charge in [-0.05, 0) is 46.3 Å². The number of para-hydroxylation sites is 1. The lowest BCUT2D eigenvalue weighted by atomic mass is 10.2. The monoisotopic (exact) mass is 650 g/mol. The van der Waals surface area contributed by atoms with E-state index in [4.69, 9.17) is 5.73 Å². The number of amides is 1. The summed E-state index contributed by atoms with van der Waals surface area (Å²) in [6, 6.07) is 7.20. The van der Waals surface area contributed by atoms with Crippen LogP contribution >= 0.6 is 57.6 Å². The van der Waals surface area contributed by atoms with Crippen LogP contribution in [-0.2, 0) is 0 Å². The van der Waals surface area contributed by atoms with E-state index in [0.29, 0.717) is 12.1 Å². The van der Waals surface area contributed by atoms with Crippen LogP contribution in [0, 0.1) is 0 Å². The van der Waals surface area contributed by atoms with Crippen molar-refractivity contribution in [2.24, 2.45) is 0 Å². The molecule has 14 heteroatoms. The van der Waals surface area contributed by atoms with E-state index < -0.39 is 39.9 Å². The van der Waals surface area contributed by atoms with E-state index in [0.717, 1.165) is 12.1 Å². The Balaban J connectivity index is 2.68. The Morgan fingerprint density at radius 1 is 1.00 bits per heavy atom. The number of benzene rings is 2. The van der Waals surface area contributed by atoms with E-state index in [1.54, 1.807) is 21.2 Å². The molecule has 0 aliphatic rings. The Morgan fingerprint density at radius 2 is 1.57 bits per heavy atom. The zero-order valence-corrected chi connectivity index (χ0v) is 19.9. The molecular weight excluding hydrogens is 641 g/mol. The van der Waals surface area contributed by atoms with Crippen LogP contribution in [0.3, 0.4) is 0 Å². The summed E-state index contributed by atoms with van der Waals surface area (Å²) in [6.45, 7) is 0. The second kappa shape index (κ2) is 7.27. The second-order valence-corrected chi connectivity index (χ2v) is 13.4. The van der Waals surface area contributed by atoms with E-state index in [-0.39, 0.29) is 17.3 Å². The summed E-state index contributed by atoms with van der Waals surface area (Å²) in [5.74, 6) is -1.17. The zero-order chi connectivity index (χ0) is 23.2. The van der Waals surface area contributed by atoms with Crippen LogP contribution in [0.15, 0.2) is 53.4 Å². The van der Waals surface area contributed by atoms with Gasteiger partial charge >= 0.3 is 5.25 Å². The molecule has 0 aliphatic heterocycles. The normalized spacial score (nSPS) is 17.0. The van der Waals surface area contributed by atoms with Crippen LogP contribution in [-0.4, -0.2) is 19.5 Å². The van der Waals surface area contributed by atoms with Gasteiger partial charge in [0.05, 0.1) is 5.69 Å². The van der Waals surface area contributed by atoms with Gasteiger partial charge in [0.1, 0.15) is 8.63 Å². The predicted octanol–water partition coefficient (Wildman–Crippen LogP) is 8.06. The molecule has 3 N–H and O–H groups in total. The maximum Gasteiger partial charge on any atom is 0.402 e. The summed E-state index contributed by atoms with van der Waals surface area (Å²) in [4.78, 5) is 9.78. The highest BCUT2D eigenvalue weighted by Gasteiger charge is 2.90. The number of anilines is 2. The molecule has 0 aliphatic carbocycles. The molecule has 3 nitrogen and oxygen atoms in total. The van der Waals surface area contributed by atoms with Crippen molar-refractivity contribution in [3.63, 3.8) is 0 Å². The molecule has 2 aromatic rings. The molecule has 168 valence electrons. The topological polar surface area (TPSA) is 55.1 Å². The molecule has 0 heterocycles. The summed E-state index contributed by atoms with van der Waals surface area (Å²) in [6.07, 6.45) is 0. The van der Waals surface area contributed by atoms with E-state index in [2.05, 4.69) is 31.9 Å². The molecule has 0 bridgehead atoms. The lowest BCUT2D eigenvalue weighted by molar-refractivity contribution is -0.0278.